The summed E-state index contributed by atoms with van der Waals surface area (Å²) < 4.78 is 13.4. The highest BCUT2D eigenvalue weighted by atomic mass is 35.5. The molecule has 0 aliphatic rings. The third-order valence-electron chi connectivity index (χ3n) is 3.32. The minimum atomic E-state index is -0.334. The van der Waals surface area contributed by atoms with Gasteiger partial charge in [0.1, 0.15) is 11.0 Å². The summed E-state index contributed by atoms with van der Waals surface area (Å²) in [6.45, 7) is 3.99. The maximum Gasteiger partial charge on any atom is 0.162 e. The van der Waals surface area contributed by atoms with Crippen LogP contribution in [0.25, 0.3) is 22.3 Å². The van der Waals surface area contributed by atoms with E-state index in [4.69, 9.17) is 11.6 Å². The Bertz CT molecular complexity index is 795. The van der Waals surface area contributed by atoms with E-state index in [9.17, 15) is 4.39 Å². The van der Waals surface area contributed by atoms with Crippen molar-refractivity contribution in [1.29, 1.82) is 0 Å². The van der Waals surface area contributed by atoms with Gasteiger partial charge in [0.15, 0.2) is 5.82 Å². The smallest absolute Gasteiger partial charge is 0.162 e. The Balaban J connectivity index is 2.32. The summed E-state index contributed by atoms with van der Waals surface area (Å²) in [6.07, 6.45) is 0. The summed E-state index contributed by atoms with van der Waals surface area (Å²) in [5.41, 5.74) is 3.59. The van der Waals surface area contributed by atoms with Crippen molar-refractivity contribution in [3.8, 4) is 11.4 Å². The maximum atomic E-state index is 13.4. The summed E-state index contributed by atoms with van der Waals surface area (Å²) in [6, 6.07) is 10.3. The molecule has 4 heteroatoms. The Morgan fingerprint density at radius 2 is 1.70 bits per heavy atom. The van der Waals surface area contributed by atoms with Gasteiger partial charge in [0.2, 0.25) is 0 Å². The fourth-order valence-corrected chi connectivity index (χ4v) is 2.58. The molecule has 0 N–H and O–H groups in total. The zero-order chi connectivity index (χ0) is 14.3. The molecular weight excluding hydrogens is 275 g/mol. The molecule has 0 aliphatic heterocycles. The SMILES string of the molecule is Cc1cccc(C)c1-c1nc(Cl)c2ccc(F)cc2n1. The fourth-order valence-electron chi connectivity index (χ4n) is 2.34. The number of hydrogen-bond acceptors (Lipinski definition) is 2. The van der Waals surface area contributed by atoms with E-state index in [1.54, 1.807) is 6.07 Å². The number of halogens is 2. The van der Waals surface area contributed by atoms with Gasteiger partial charge in [-0.3, -0.25) is 0 Å². The van der Waals surface area contributed by atoms with Crippen molar-refractivity contribution in [2.45, 2.75) is 13.8 Å². The van der Waals surface area contributed by atoms with Gasteiger partial charge in [-0.15, -0.1) is 0 Å². The lowest BCUT2D eigenvalue weighted by atomic mass is 10.0. The maximum absolute atomic E-state index is 13.4. The number of hydrogen-bond donors (Lipinski definition) is 0. The second-order valence-corrected chi connectivity index (χ2v) is 5.12. The van der Waals surface area contributed by atoms with Crippen molar-refractivity contribution in [2.75, 3.05) is 0 Å². The highest BCUT2D eigenvalue weighted by Crippen LogP contribution is 2.29. The molecule has 0 aliphatic carbocycles. The molecule has 0 spiro atoms. The van der Waals surface area contributed by atoms with Crippen LogP contribution in [0.15, 0.2) is 36.4 Å². The normalized spacial score (nSPS) is 11.0. The van der Waals surface area contributed by atoms with Crippen LogP contribution >= 0.6 is 11.6 Å². The molecule has 0 unspecified atom stereocenters. The minimum Gasteiger partial charge on any atom is -0.228 e. The second kappa shape index (κ2) is 4.84. The highest BCUT2D eigenvalue weighted by molar-refractivity contribution is 6.34. The predicted molar refractivity (Wildman–Crippen MR) is 79.4 cm³/mol. The van der Waals surface area contributed by atoms with Crippen molar-refractivity contribution < 1.29 is 4.39 Å². The predicted octanol–water partition coefficient (Wildman–Crippen LogP) is 4.71. The van der Waals surface area contributed by atoms with E-state index < -0.39 is 0 Å². The van der Waals surface area contributed by atoms with Crippen LogP contribution < -0.4 is 0 Å². The molecule has 1 heterocycles. The average Bonchev–Trinajstić information content (AvgIpc) is 2.38. The van der Waals surface area contributed by atoms with Crippen LogP contribution in [0.3, 0.4) is 0 Å². The molecule has 0 saturated heterocycles. The first-order valence-electron chi connectivity index (χ1n) is 6.25. The minimum absolute atomic E-state index is 0.334. The van der Waals surface area contributed by atoms with E-state index in [-0.39, 0.29) is 5.82 Å². The molecule has 0 radical (unpaired) electrons. The Labute approximate surface area is 121 Å². The van der Waals surface area contributed by atoms with Crippen molar-refractivity contribution in [1.82, 2.24) is 9.97 Å². The van der Waals surface area contributed by atoms with Gasteiger partial charge < -0.3 is 0 Å². The molecule has 3 rings (SSSR count). The topological polar surface area (TPSA) is 25.8 Å². The van der Waals surface area contributed by atoms with Crippen molar-refractivity contribution in [3.05, 3.63) is 58.5 Å². The van der Waals surface area contributed by atoms with Crippen LogP contribution in [0.2, 0.25) is 5.15 Å². The van der Waals surface area contributed by atoms with Gasteiger partial charge in [-0.2, -0.15) is 0 Å². The van der Waals surface area contributed by atoms with Crippen molar-refractivity contribution >= 4 is 22.5 Å². The average molecular weight is 287 g/mol. The van der Waals surface area contributed by atoms with E-state index in [0.717, 1.165) is 16.7 Å². The van der Waals surface area contributed by atoms with Gasteiger partial charge in [0, 0.05) is 17.0 Å². The number of rotatable bonds is 1. The lowest BCUT2D eigenvalue weighted by Gasteiger charge is -2.10. The summed E-state index contributed by atoms with van der Waals surface area (Å²) in [5.74, 6) is 0.198. The van der Waals surface area contributed by atoms with Crippen LogP contribution in [0, 0.1) is 19.7 Å². The second-order valence-electron chi connectivity index (χ2n) is 4.77. The highest BCUT2D eigenvalue weighted by Gasteiger charge is 2.12. The van der Waals surface area contributed by atoms with Gasteiger partial charge in [0.05, 0.1) is 5.52 Å². The summed E-state index contributed by atoms with van der Waals surface area (Å²) in [4.78, 5) is 8.81. The van der Waals surface area contributed by atoms with Gasteiger partial charge in [0.25, 0.3) is 0 Å². The first-order valence-corrected chi connectivity index (χ1v) is 6.63. The molecule has 1 aromatic heterocycles. The van der Waals surface area contributed by atoms with Gasteiger partial charge in [-0.1, -0.05) is 29.8 Å². The van der Waals surface area contributed by atoms with Crippen molar-refractivity contribution in [3.63, 3.8) is 0 Å². The third-order valence-corrected chi connectivity index (χ3v) is 3.61. The van der Waals surface area contributed by atoms with E-state index in [0.29, 0.717) is 21.9 Å². The number of aryl methyl sites for hydroxylation is 2. The monoisotopic (exact) mass is 286 g/mol. The number of nitrogens with zero attached hydrogens (tertiary/aromatic N) is 2. The van der Waals surface area contributed by atoms with Gasteiger partial charge in [-0.05, 0) is 37.1 Å². The van der Waals surface area contributed by atoms with Crippen LogP contribution in [-0.2, 0) is 0 Å². The van der Waals surface area contributed by atoms with Crippen LogP contribution in [-0.4, -0.2) is 9.97 Å². The molecular formula is C16H12ClFN2. The number of benzene rings is 2. The quantitative estimate of drug-likeness (QED) is 0.606. The number of aromatic nitrogens is 2. The molecule has 2 aromatic carbocycles. The Kier molecular flexibility index (Phi) is 3.14. The lowest BCUT2D eigenvalue weighted by molar-refractivity contribution is 0.629. The molecule has 20 heavy (non-hydrogen) atoms. The van der Waals surface area contributed by atoms with Crippen LogP contribution in [0.5, 0.6) is 0 Å². The summed E-state index contributed by atoms with van der Waals surface area (Å²) >= 11 is 6.20. The van der Waals surface area contributed by atoms with E-state index in [2.05, 4.69) is 9.97 Å². The van der Waals surface area contributed by atoms with Gasteiger partial charge >= 0.3 is 0 Å². The summed E-state index contributed by atoms with van der Waals surface area (Å²) in [7, 11) is 0. The third kappa shape index (κ3) is 2.14. The Morgan fingerprint density at radius 1 is 1.00 bits per heavy atom. The molecule has 0 bridgehead atoms. The summed E-state index contributed by atoms with van der Waals surface area (Å²) in [5, 5.41) is 0.996. The molecule has 3 aromatic rings. The Hall–Kier alpha value is -2.00. The van der Waals surface area contributed by atoms with Crippen molar-refractivity contribution in [2.24, 2.45) is 0 Å². The first-order chi connectivity index (χ1) is 9.56. The zero-order valence-electron chi connectivity index (χ0n) is 11.1. The molecule has 0 fully saturated rings. The lowest BCUT2D eigenvalue weighted by Crippen LogP contribution is -1.96. The molecule has 100 valence electrons. The molecule has 0 saturated carbocycles. The first kappa shape index (κ1) is 13.0. The molecule has 2 nitrogen and oxygen atoms in total. The standard InChI is InChI=1S/C16H12ClFN2/c1-9-4-3-5-10(2)14(9)16-19-13-8-11(18)6-7-12(13)15(17)20-16/h3-8H,1-2H3. The largest absolute Gasteiger partial charge is 0.228 e. The molecule has 0 amide bonds. The van der Waals surface area contributed by atoms with Crippen LogP contribution in [0.4, 0.5) is 4.39 Å². The molecule has 0 atom stereocenters. The van der Waals surface area contributed by atoms with E-state index in [1.807, 2.05) is 32.0 Å². The fraction of sp³-hybridized carbons (Fsp3) is 0.125. The Morgan fingerprint density at radius 3 is 2.40 bits per heavy atom. The van der Waals surface area contributed by atoms with E-state index in [1.165, 1.54) is 12.1 Å². The van der Waals surface area contributed by atoms with E-state index >= 15 is 0 Å². The van der Waals surface area contributed by atoms with Crippen LogP contribution in [0.1, 0.15) is 11.1 Å². The number of fused-ring (bicyclic) bond motifs is 1. The zero-order valence-corrected chi connectivity index (χ0v) is 11.9. The van der Waals surface area contributed by atoms with Gasteiger partial charge in [-0.25, -0.2) is 14.4 Å².